The zero-order chi connectivity index (χ0) is 17.7. The number of anilines is 1. The first-order chi connectivity index (χ1) is 11.2. The Kier molecular flexibility index (Phi) is 5.55. The van der Waals surface area contributed by atoms with E-state index in [1.807, 2.05) is 0 Å². The topological polar surface area (TPSA) is 68.3 Å². The van der Waals surface area contributed by atoms with E-state index in [1.165, 1.54) is 30.4 Å². The zero-order valence-corrected chi connectivity index (χ0v) is 13.3. The van der Waals surface area contributed by atoms with Crippen molar-refractivity contribution in [2.24, 2.45) is 0 Å². The number of nitrogens with zero attached hydrogens (tertiary/aromatic N) is 1. The third-order valence-electron chi connectivity index (χ3n) is 2.85. The molecule has 1 heterocycles. The van der Waals surface area contributed by atoms with Crippen LogP contribution in [0.4, 0.5) is 18.3 Å². The van der Waals surface area contributed by atoms with Crippen LogP contribution in [0.25, 0.3) is 0 Å². The Morgan fingerprint density at radius 1 is 1.25 bits per heavy atom. The van der Waals surface area contributed by atoms with Gasteiger partial charge < -0.3 is 10.1 Å². The monoisotopic (exact) mass is 358 g/mol. The van der Waals surface area contributed by atoms with Crippen LogP contribution < -0.4 is 5.32 Å². The Morgan fingerprint density at radius 2 is 1.92 bits per heavy atom. The van der Waals surface area contributed by atoms with Crippen molar-refractivity contribution in [1.82, 2.24) is 4.98 Å². The highest BCUT2D eigenvalue weighted by atomic mass is 32.1. The average molecular weight is 358 g/mol. The zero-order valence-electron chi connectivity index (χ0n) is 12.5. The maximum absolute atomic E-state index is 12.4. The van der Waals surface area contributed by atoms with Crippen molar-refractivity contribution < 1.29 is 27.5 Å². The number of hydrogen-bond donors (Lipinski definition) is 1. The summed E-state index contributed by atoms with van der Waals surface area (Å²) in [6.45, 7) is 1.28. The van der Waals surface area contributed by atoms with Gasteiger partial charge in [-0.15, -0.1) is 11.3 Å². The molecule has 128 valence electrons. The Balaban J connectivity index is 1.85. The molecule has 2 rings (SSSR count). The molecule has 1 aromatic heterocycles. The van der Waals surface area contributed by atoms with E-state index in [0.29, 0.717) is 16.4 Å². The summed E-state index contributed by atoms with van der Waals surface area (Å²) in [7, 11) is 0. The summed E-state index contributed by atoms with van der Waals surface area (Å²) < 4.78 is 42.4. The molecule has 0 aliphatic heterocycles. The highest BCUT2D eigenvalue weighted by Gasteiger charge is 2.29. The number of rotatable bonds is 5. The minimum atomic E-state index is -4.41. The van der Waals surface area contributed by atoms with Gasteiger partial charge in [-0.1, -0.05) is 12.1 Å². The number of nitrogens with one attached hydrogen (secondary N) is 1. The number of alkyl halides is 3. The predicted octanol–water partition coefficient (Wildman–Crippen LogP) is 3.41. The van der Waals surface area contributed by atoms with Gasteiger partial charge in [0.05, 0.1) is 17.7 Å². The van der Waals surface area contributed by atoms with Crippen LogP contribution >= 0.6 is 11.3 Å². The fraction of sp³-hybridized carbons (Fsp3) is 0.267. The smallest absolute Gasteiger partial charge is 0.416 e. The van der Waals surface area contributed by atoms with Gasteiger partial charge in [-0.3, -0.25) is 9.59 Å². The number of hydrogen-bond acceptors (Lipinski definition) is 5. The molecule has 0 fully saturated rings. The van der Waals surface area contributed by atoms with Crippen LogP contribution in [-0.4, -0.2) is 16.9 Å². The summed E-state index contributed by atoms with van der Waals surface area (Å²) in [6, 6.07) is 4.31. The highest BCUT2D eigenvalue weighted by Crippen LogP contribution is 2.29. The normalized spacial score (nSPS) is 11.2. The van der Waals surface area contributed by atoms with Crippen LogP contribution in [0.5, 0.6) is 0 Å². The molecule has 0 bridgehead atoms. The van der Waals surface area contributed by atoms with Crippen molar-refractivity contribution in [3.8, 4) is 0 Å². The van der Waals surface area contributed by atoms with E-state index in [4.69, 9.17) is 4.74 Å². The first-order valence-corrected chi connectivity index (χ1v) is 7.66. The number of halogens is 3. The van der Waals surface area contributed by atoms with Crippen molar-refractivity contribution in [1.29, 1.82) is 0 Å². The van der Waals surface area contributed by atoms with Crippen LogP contribution in [0.3, 0.4) is 0 Å². The molecule has 0 aliphatic rings. The van der Waals surface area contributed by atoms with E-state index in [0.717, 1.165) is 12.1 Å². The summed E-state index contributed by atoms with van der Waals surface area (Å²) in [5.74, 6) is -0.834. The van der Waals surface area contributed by atoms with E-state index >= 15 is 0 Å². The van der Waals surface area contributed by atoms with Gasteiger partial charge in [0.2, 0.25) is 5.91 Å². The second-order valence-corrected chi connectivity index (χ2v) is 5.72. The fourth-order valence-corrected chi connectivity index (χ4v) is 2.51. The number of carbonyl (C=O) groups excluding carboxylic acids is 2. The Labute approximate surface area is 139 Å². The number of thiazole rings is 1. The second kappa shape index (κ2) is 7.43. The molecule has 24 heavy (non-hydrogen) atoms. The number of aromatic nitrogens is 1. The van der Waals surface area contributed by atoms with E-state index in [2.05, 4.69) is 10.3 Å². The summed E-state index contributed by atoms with van der Waals surface area (Å²) in [4.78, 5) is 26.6. The van der Waals surface area contributed by atoms with Gasteiger partial charge in [0.25, 0.3) is 0 Å². The minimum Gasteiger partial charge on any atom is -0.459 e. The molecular formula is C15H13F3N2O3S. The molecule has 1 amide bonds. The lowest BCUT2D eigenvalue weighted by Gasteiger charge is -2.07. The number of benzene rings is 1. The molecule has 0 aliphatic carbocycles. The molecule has 2 aromatic rings. The summed E-state index contributed by atoms with van der Waals surface area (Å²) >= 11 is 1.20. The van der Waals surface area contributed by atoms with Crippen molar-refractivity contribution in [3.63, 3.8) is 0 Å². The Hall–Kier alpha value is -2.42. The molecule has 0 radical (unpaired) electrons. The van der Waals surface area contributed by atoms with Gasteiger partial charge in [-0.2, -0.15) is 13.2 Å². The molecule has 0 saturated heterocycles. The van der Waals surface area contributed by atoms with Gasteiger partial charge in [0.1, 0.15) is 6.61 Å². The lowest BCUT2D eigenvalue weighted by Crippen LogP contribution is -2.09. The highest BCUT2D eigenvalue weighted by molar-refractivity contribution is 7.13. The van der Waals surface area contributed by atoms with E-state index < -0.39 is 17.7 Å². The summed E-state index contributed by atoms with van der Waals surface area (Å²) in [5.41, 5.74) is 0.127. The maximum atomic E-state index is 12.4. The maximum Gasteiger partial charge on any atom is 0.416 e. The fourth-order valence-electron chi connectivity index (χ4n) is 1.76. The Bertz CT molecular complexity index is 726. The van der Waals surface area contributed by atoms with Crippen LogP contribution in [-0.2, 0) is 33.5 Å². The first kappa shape index (κ1) is 17.9. The van der Waals surface area contributed by atoms with E-state index in [9.17, 15) is 22.8 Å². The Morgan fingerprint density at radius 3 is 2.50 bits per heavy atom. The first-order valence-electron chi connectivity index (χ1n) is 6.78. The van der Waals surface area contributed by atoms with Crippen molar-refractivity contribution >= 4 is 28.3 Å². The molecule has 1 aromatic carbocycles. The largest absolute Gasteiger partial charge is 0.459 e. The van der Waals surface area contributed by atoms with Crippen molar-refractivity contribution in [2.45, 2.75) is 26.1 Å². The quantitative estimate of drug-likeness (QED) is 0.832. The standard InChI is InChI=1S/C15H13F3N2O3S/c1-9(21)19-14-20-12(8-24-14)7-23-13(22)6-10-2-4-11(5-3-10)15(16,17)18/h2-5,8H,6-7H2,1H3,(H,19,20,21). The van der Waals surface area contributed by atoms with Crippen LogP contribution in [0.1, 0.15) is 23.7 Å². The van der Waals surface area contributed by atoms with E-state index in [1.54, 1.807) is 5.38 Å². The molecular weight excluding hydrogens is 345 g/mol. The molecule has 0 spiro atoms. The molecule has 1 N–H and O–H groups in total. The molecule has 5 nitrogen and oxygen atoms in total. The van der Waals surface area contributed by atoms with Crippen LogP contribution in [0, 0.1) is 0 Å². The third-order valence-corrected chi connectivity index (χ3v) is 3.65. The molecule has 0 atom stereocenters. The number of ether oxygens (including phenoxy) is 1. The van der Waals surface area contributed by atoms with Crippen LogP contribution in [0.2, 0.25) is 0 Å². The minimum absolute atomic E-state index is 0.0739. The predicted molar refractivity (Wildman–Crippen MR) is 81.4 cm³/mol. The van der Waals surface area contributed by atoms with Gasteiger partial charge in [0, 0.05) is 12.3 Å². The van der Waals surface area contributed by atoms with Gasteiger partial charge in [-0.05, 0) is 17.7 Å². The van der Waals surface area contributed by atoms with Crippen molar-refractivity contribution in [2.75, 3.05) is 5.32 Å². The second-order valence-electron chi connectivity index (χ2n) is 4.86. The van der Waals surface area contributed by atoms with Crippen molar-refractivity contribution in [3.05, 3.63) is 46.5 Å². The third kappa shape index (κ3) is 5.34. The summed E-state index contributed by atoms with van der Waals surface area (Å²) in [5, 5.41) is 4.54. The summed E-state index contributed by atoms with van der Waals surface area (Å²) in [6.07, 6.45) is -4.55. The van der Waals surface area contributed by atoms with Gasteiger partial charge in [-0.25, -0.2) is 4.98 Å². The molecule has 9 heteroatoms. The number of esters is 1. The van der Waals surface area contributed by atoms with Crippen LogP contribution in [0.15, 0.2) is 29.6 Å². The lowest BCUT2D eigenvalue weighted by atomic mass is 10.1. The number of amides is 1. The molecule has 0 saturated carbocycles. The number of carbonyl (C=O) groups is 2. The van der Waals surface area contributed by atoms with E-state index in [-0.39, 0.29) is 18.9 Å². The average Bonchev–Trinajstić information content (AvgIpc) is 2.91. The van der Waals surface area contributed by atoms with Gasteiger partial charge >= 0.3 is 12.1 Å². The van der Waals surface area contributed by atoms with Gasteiger partial charge in [0.15, 0.2) is 5.13 Å². The lowest BCUT2D eigenvalue weighted by molar-refractivity contribution is -0.144. The molecule has 0 unspecified atom stereocenters. The SMILES string of the molecule is CC(=O)Nc1nc(COC(=O)Cc2ccc(C(F)(F)F)cc2)cs1.